The number of benzene rings is 2. The van der Waals surface area contributed by atoms with Gasteiger partial charge in [-0.25, -0.2) is 0 Å². The second-order valence-electron chi connectivity index (χ2n) is 5.47. The predicted molar refractivity (Wildman–Crippen MR) is 96.6 cm³/mol. The van der Waals surface area contributed by atoms with Gasteiger partial charge in [-0.1, -0.05) is 18.1 Å². The second-order valence-corrected chi connectivity index (χ2v) is 5.47. The largest absolute Gasteiger partial charge is 0.493 e. The number of rotatable bonds is 6. The summed E-state index contributed by atoms with van der Waals surface area (Å²) in [5.74, 6) is 1.85. The van der Waals surface area contributed by atoms with Crippen LogP contribution in [0.15, 0.2) is 47.0 Å². The minimum absolute atomic E-state index is 0.261. The Balaban J connectivity index is 1.80. The van der Waals surface area contributed by atoms with E-state index in [1.165, 1.54) is 7.11 Å². The van der Waals surface area contributed by atoms with Crippen molar-refractivity contribution in [2.24, 2.45) is 0 Å². The molecule has 3 rings (SSSR count). The van der Waals surface area contributed by atoms with E-state index in [9.17, 15) is 4.79 Å². The van der Waals surface area contributed by atoms with Crippen molar-refractivity contribution in [1.82, 2.24) is 10.1 Å². The maximum absolute atomic E-state index is 12.5. The molecule has 134 valence electrons. The molecule has 26 heavy (non-hydrogen) atoms. The van der Waals surface area contributed by atoms with Gasteiger partial charge < -0.3 is 19.3 Å². The van der Waals surface area contributed by atoms with E-state index in [2.05, 4.69) is 15.5 Å². The van der Waals surface area contributed by atoms with Crippen LogP contribution in [0.1, 0.15) is 23.1 Å². The second kappa shape index (κ2) is 7.69. The van der Waals surface area contributed by atoms with Crippen molar-refractivity contribution in [2.75, 3.05) is 19.5 Å². The van der Waals surface area contributed by atoms with E-state index in [4.69, 9.17) is 14.0 Å². The molecule has 1 N–H and O–H groups in total. The summed E-state index contributed by atoms with van der Waals surface area (Å²) in [6, 6.07) is 12.2. The Morgan fingerprint density at radius 2 is 1.92 bits per heavy atom. The van der Waals surface area contributed by atoms with Crippen LogP contribution >= 0.6 is 0 Å². The monoisotopic (exact) mass is 353 g/mol. The van der Waals surface area contributed by atoms with Gasteiger partial charge in [0.05, 0.1) is 14.2 Å². The molecule has 7 heteroatoms. The van der Waals surface area contributed by atoms with E-state index < -0.39 is 0 Å². The molecule has 1 amide bonds. The molecule has 0 atom stereocenters. The summed E-state index contributed by atoms with van der Waals surface area (Å²) in [5.41, 5.74) is 1.82. The fourth-order valence-corrected chi connectivity index (χ4v) is 2.43. The van der Waals surface area contributed by atoms with E-state index in [0.717, 1.165) is 5.56 Å². The first-order valence-electron chi connectivity index (χ1n) is 8.11. The van der Waals surface area contributed by atoms with E-state index in [1.807, 2.05) is 19.1 Å². The fourth-order valence-electron chi connectivity index (χ4n) is 2.43. The lowest BCUT2D eigenvalue weighted by molar-refractivity contribution is 0.102. The molecule has 0 saturated carbocycles. The van der Waals surface area contributed by atoms with Crippen LogP contribution < -0.4 is 14.8 Å². The van der Waals surface area contributed by atoms with Crippen LogP contribution in [0.5, 0.6) is 11.5 Å². The Morgan fingerprint density at radius 1 is 1.12 bits per heavy atom. The Labute approximate surface area is 150 Å². The van der Waals surface area contributed by atoms with E-state index in [0.29, 0.717) is 40.9 Å². The van der Waals surface area contributed by atoms with E-state index in [1.54, 1.807) is 37.4 Å². The van der Waals surface area contributed by atoms with Crippen molar-refractivity contribution in [2.45, 2.75) is 13.3 Å². The highest BCUT2D eigenvalue weighted by molar-refractivity contribution is 6.04. The van der Waals surface area contributed by atoms with Gasteiger partial charge in [-0.15, -0.1) is 0 Å². The SMILES string of the molecule is CCc1noc(-c2cccc(NC(=O)c3ccc(OC)c(OC)c3)c2)n1. The van der Waals surface area contributed by atoms with Gasteiger partial charge in [0, 0.05) is 23.2 Å². The highest BCUT2D eigenvalue weighted by Crippen LogP contribution is 2.28. The van der Waals surface area contributed by atoms with E-state index in [-0.39, 0.29) is 5.91 Å². The number of carbonyl (C=O) groups is 1. The van der Waals surface area contributed by atoms with E-state index >= 15 is 0 Å². The summed E-state index contributed by atoms with van der Waals surface area (Å²) in [5, 5.41) is 6.74. The number of nitrogens with one attached hydrogen (secondary N) is 1. The summed E-state index contributed by atoms with van der Waals surface area (Å²) in [6.07, 6.45) is 0.694. The molecule has 0 saturated heterocycles. The zero-order valence-electron chi connectivity index (χ0n) is 14.8. The molecule has 0 aliphatic carbocycles. The summed E-state index contributed by atoms with van der Waals surface area (Å²) >= 11 is 0. The molecule has 0 unspecified atom stereocenters. The first-order chi connectivity index (χ1) is 12.6. The van der Waals surface area contributed by atoms with Gasteiger partial charge in [0.15, 0.2) is 17.3 Å². The van der Waals surface area contributed by atoms with Gasteiger partial charge in [0.25, 0.3) is 11.8 Å². The van der Waals surface area contributed by atoms with Gasteiger partial charge in [0.1, 0.15) is 0 Å². The molecule has 0 radical (unpaired) electrons. The molecule has 3 aromatic rings. The van der Waals surface area contributed by atoms with Crippen molar-refractivity contribution in [3.8, 4) is 23.0 Å². The summed E-state index contributed by atoms with van der Waals surface area (Å²) in [7, 11) is 3.07. The average Bonchev–Trinajstić information content (AvgIpc) is 3.17. The number of aryl methyl sites for hydroxylation is 1. The Hall–Kier alpha value is -3.35. The third-order valence-corrected chi connectivity index (χ3v) is 3.80. The lowest BCUT2D eigenvalue weighted by Crippen LogP contribution is -2.12. The molecular formula is C19H19N3O4. The first-order valence-corrected chi connectivity index (χ1v) is 8.11. The molecule has 0 bridgehead atoms. The molecule has 0 spiro atoms. The van der Waals surface area contributed by atoms with Crippen LogP contribution in [0, 0.1) is 0 Å². The lowest BCUT2D eigenvalue weighted by Gasteiger charge is -2.10. The summed E-state index contributed by atoms with van der Waals surface area (Å²) < 4.78 is 15.7. The van der Waals surface area contributed by atoms with Gasteiger partial charge in [-0.2, -0.15) is 4.98 Å². The normalized spacial score (nSPS) is 10.4. The molecule has 1 aromatic heterocycles. The van der Waals surface area contributed by atoms with Crippen LogP contribution in [0.3, 0.4) is 0 Å². The van der Waals surface area contributed by atoms with Gasteiger partial charge in [-0.05, 0) is 36.4 Å². The fraction of sp³-hybridized carbons (Fsp3) is 0.211. The lowest BCUT2D eigenvalue weighted by atomic mass is 10.1. The maximum atomic E-state index is 12.5. The van der Waals surface area contributed by atoms with Gasteiger partial charge >= 0.3 is 0 Å². The Bertz CT molecular complexity index is 921. The summed E-state index contributed by atoms with van der Waals surface area (Å²) in [6.45, 7) is 1.95. The third kappa shape index (κ3) is 3.66. The first kappa shape index (κ1) is 17.5. The number of ether oxygens (including phenoxy) is 2. The van der Waals surface area contributed by atoms with Crippen LogP contribution in [0.4, 0.5) is 5.69 Å². The zero-order valence-corrected chi connectivity index (χ0v) is 14.8. The van der Waals surface area contributed by atoms with Gasteiger partial charge in [-0.3, -0.25) is 4.79 Å². The van der Waals surface area contributed by atoms with Crippen LogP contribution in [0.25, 0.3) is 11.5 Å². The zero-order chi connectivity index (χ0) is 18.5. The Morgan fingerprint density at radius 3 is 2.62 bits per heavy atom. The van der Waals surface area contributed by atoms with Crippen molar-refractivity contribution in [3.63, 3.8) is 0 Å². The minimum atomic E-state index is -0.261. The number of amides is 1. The predicted octanol–water partition coefficient (Wildman–Crippen LogP) is 3.57. The van der Waals surface area contributed by atoms with Crippen LogP contribution in [-0.2, 0) is 6.42 Å². The molecule has 1 heterocycles. The highest BCUT2D eigenvalue weighted by atomic mass is 16.5. The molecule has 0 fully saturated rings. The van der Waals surface area contributed by atoms with Crippen molar-refractivity contribution < 1.29 is 18.8 Å². The number of aromatic nitrogens is 2. The standard InChI is InChI=1S/C19H19N3O4/c1-4-17-21-19(26-22-17)13-6-5-7-14(10-13)20-18(23)12-8-9-15(24-2)16(11-12)25-3/h5-11H,4H2,1-3H3,(H,20,23). The number of carbonyl (C=O) groups excluding carboxylic acids is 1. The summed E-state index contributed by atoms with van der Waals surface area (Å²) in [4.78, 5) is 16.8. The number of nitrogens with zero attached hydrogens (tertiary/aromatic N) is 2. The molecule has 2 aromatic carbocycles. The molecule has 0 aliphatic heterocycles. The quantitative estimate of drug-likeness (QED) is 0.729. The van der Waals surface area contributed by atoms with Crippen LogP contribution in [-0.4, -0.2) is 30.3 Å². The molecule has 0 aliphatic rings. The highest BCUT2D eigenvalue weighted by Gasteiger charge is 2.13. The van der Waals surface area contributed by atoms with Crippen molar-refractivity contribution in [1.29, 1.82) is 0 Å². The number of hydrogen-bond donors (Lipinski definition) is 1. The Kier molecular flexibility index (Phi) is 5.17. The third-order valence-electron chi connectivity index (χ3n) is 3.80. The number of hydrogen-bond acceptors (Lipinski definition) is 6. The van der Waals surface area contributed by atoms with Crippen LogP contribution in [0.2, 0.25) is 0 Å². The van der Waals surface area contributed by atoms with Gasteiger partial charge in [0.2, 0.25) is 0 Å². The van der Waals surface area contributed by atoms with Crippen molar-refractivity contribution in [3.05, 3.63) is 53.9 Å². The smallest absolute Gasteiger partial charge is 0.257 e. The average molecular weight is 353 g/mol. The number of methoxy groups -OCH3 is 2. The maximum Gasteiger partial charge on any atom is 0.257 e. The minimum Gasteiger partial charge on any atom is -0.493 e. The topological polar surface area (TPSA) is 86.5 Å². The molecular weight excluding hydrogens is 334 g/mol. The number of anilines is 1. The van der Waals surface area contributed by atoms with Crippen molar-refractivity contribution >= 4 is 11.6 Å². The molecule has 7 nitrogen and oxygen atoms in total.